The van der Waals surface area contributed by atoms with E-state index in [9.17, 15) is 4.79 Å². The molecule has 124 valence electrons. The quantitative estimate of drug-likeness (QED) is 0.826. The van der Waals surface area contributed by atoms with Crippen LogP contribution in [0.5, 0.6) is 5.75 Å². The Balaban J connectivity index is 2.56. The van der Waals surface area contributed by atoms with E-state index in [0.717, 1.165) is 11.4 Å². The Morgan fingerprint density at radius 2 is 2.05 bits per heavy atom. The normalized spacial score (nSPS) is 12.5. The summed E-state index contributed by atoms with van der Waals surface area (Å²) in [5.41, 5.74) is 0.295. The minimum Gasteiger partial charge on any atom is -0.492 e. The second-order valence-electron chi connectivity index (χ2n) is 6.00. The first-order chi connectivity index (χ1) is 10.2. The topological polar surface area (TPSA) is 59.6 Å². The number of carbonyl (C=O) groups is 1. The molecular weight excluding hydrogens is 304 g/mol. The van der Waals surface area contributed by atoms with Gasteiger partial charge in [-0.2, -0.15) is 0 Å². The molecule has 0 saturated carbocycles. The summed E-state index contributed by atoms with van der Waals surface area (Å²) < 4.78 is 10.7. The predicted octanol–water partition coefficient (Wildman–Crippen LogP) is 4.06. The molecule has 0 bridgehead atoms. The molecule has 1 aromatic carbocycles. The molecule has 0 radical (unpaired) electrons. The Kier molecular flexibility index (Phi) is 6.81. The molecule has 5 nitrogen and oxygen atoms in total. The Morgan fingerprint density at radius 3 is 2.64 bits per heavy atom. The van der Waals surface area contributed by atoms with E-state index in [-0.39, 0.29) is 6.04 Å². The molecule has 1 rings (SSSR count). The van der Waals surface area contributed by atoms with Crippen molar-refractivity contribution in [1.29, 1.82) is 0 Å². The van der Waals surface area contributed by atoms with Crippen molar-refractivity contribution in [2.75, 3.05) is 18.5 Å². The highest BCUT2D eigenvalue weighted by atomic mass is 35.5. The van der Waals surface area contributed by atoms with Crippen molar-refractivity contribution in [1.82, 2.24) is 5.32 Å². The molecular formula is C16H25ClN2O3. The third kappa shape index (κ3) is 6.89. The van der Waals surface area contributed by atoms with Gasteiger partial charge in [0, 0.05) is 17.6 Å². The molecule has 0 heterocycles. The van der Waals surface area contributed by atoms with Crippen molar-refractivity contribution in [3.63, 3.8) is 0 Å². The Labute approximate surface area is 137 Å². The minimum absolute atomic E-state index is 0.00908. The molecule has 2 N–H and O–H groups in total. The number of nitrogens with one attached hydrogen (secondary N) is 2. The van der Waals surface area contributed by atoms with Crippen LogP contribution in [0.15, 0.2) is 18.2 Å². The summed E-state index contributed by atoms with van der Waals surface area (Å²) in [6.45, 7) is 10.4. The van der Waals surface area contributed by atoms with Crippen LogP contribution in [0.3, 0.4) is 0 Å². The van der Waals surface area contributed by atoms with Gasteiger partial charge < -0.3 is 20.1 Å². The fourth-order valence-corrected chi connectivity index (χ4v) is 1.94. The van der Waals surface area contributed by atoms with Crippen LogP contribution < -0.4 is 15.4 Å². The van der Waals surface area contributed by atoms with Gasteiger partial charge in [-0.1, -0.05) is 11.6 Å². The first-order valence-corrected chi connectivity index (χ1v) is 7.75. The molecule has 1 amide bonds. The average Bonchev–Trinajstić information content (AvgIpc) is 2.38. The number of benzene rings is 1. The van der Waals surface area contributed by atoms with Crippen LogP contribution in [0.4, 0.5) is 10.5 Å². The maximum Gasteiger partial charge on any atom is 0.407 e. The van der Waals surface area contributed by atoms with E-state index < -0.39 is 11.7 Å². The van der Waals surface area contributed by atoms with Gasteiger partial charge in [-0.3, -0.25) is 0 Å². The summed E-state index contributed by atoms with van der Waals surface area (Å²) in [7, 11) is 0. The lowest BCUT2D eigenvalue weighted by atomic mass is 10.2. The minimum atomic E-state index is -0.504. The summed E-state index contributed by atoms with van der Waals surface area (Å²) in [6.07, 6.45) is -0.433. The van der Waals surface area contributed by atoms with Crippen molar-refractivity contribution in [3.05, 3.63) is 23.2 Å². The highest BCUT2D eigenvalue weighted by molar-refractivity contribution is 6.30. The number of rotatable bonds is 6. The van der Waals surface area contributed by atoms with E-state index in [1.54, 1.807) is 12.1 Å². The Bertz CT molecular complexity index is 501. The molecule has 1 aromatic rings. The molecule has 1 unspecified atom stereocenters. The van der Waals surface area contributed by atoms with Crippen molar-refractivity contribution in [3.8, 4) is 5.75 Å². The monoisotopic (exact) mass is 328 g/mol. The smallest absolute Gasteiger partial charge is 0.407 e. The third-order valence-corrected chi connectivity index (χ3v) is 2.83. The van der Waals surface area contributed by atoms with Gasteiger partial charge in [0.2, 0.25) is 0 Å². The van der Waals surface area contributed by atoms with E-state index in [0.29, 0.717) is 18.2 Å². The van der Waals surface area contributed by atoms with Gasteiger partial charge in [-0.05, 0) is 52.8 Å². The van der Waals surface area contributed by atoms with E-state index in [1.807, 2.05) is 40.7 Å². The summed E-state index contributed by atoms with van der Waals surface area (Å²) >= 11 is 6.02. The van der Waals surface area contributed by atoms with Crippen LogP contribution in [0.25, 0.3) is 0 Å². The van der Waals surface area contributed by atoms with Crippen molar-refractivity contribution < 1.29 is 14.3 Å². The first kappa shape index (κ1) is 18.4. The zero-order valence-corrected chi connectivity index (χ0v) is 14.6. The molecule has 0 saturated heterocycles. The van der Waals surface area contributed by atoms with Crippen LogP contribution in [-0.4, -0.2) is 30.9 Å². The van der Waals surface area contributed by atoms with Gasteiger partial charge in [0.15, 0.2) is 0 Å². The van der Waals surface area contributed by atoms with E-state index in [4.69, 9.17) is 21.1 Å². The number of ether oxygens (including phenoxy) is 2. The van der Waals surface area contributed by atoms with Crippen LogP contribution >= 0.6 is 11.6 Å². The number of halogens is 1. The molecule has 0 aliphatic rings. The van der Waals surface area contributed by atoms with E-state index in [1.165, 1.54) is 0 Å². The third-order valence-electron chi connectivity index (χ3n) is 2.59. The molecule has 6 heteroatoms. The Morgan fingerprint density at radius 1 is 1.36 bits per heavy atom. The van der Waals surface area contributed by atoms with Gasteiger partial charge in [0.05, 0.1) is 12.3 Å². The molecule has 0 aromatic heterocycles. The summed E-state index contributed by atoms with van der Waals surface area (Å²) in [5.74, 6) is 0.732. The van der Waals surface area contributed by atoms with Crippen LogP contribution in [0.2, 0.25) is 5.02 Å². The largest absolute Gasteiger partial charge is 0.492 e. The van der Waals surface area contributed by atoms with Crippen LogP contribution in [0.1, 0.15) is 34.6 Å². The van der Waals surface area contributed by atoms with Crippen LogP contribution in [-0.2, 0) is 4.74 Å². The fraction of sp³-hybridized carbons (Fsp3) is 0.562. The average molecular weight is 329 g/mol. The van der Waals surface area contributed by atoms with Gasteiger partial charge in [0.25, 0.3) is 0 Å². The van der Waals surface area contributed by atoms with E-state index in [2.05, 4.69) is 10.6 Å². The van der Waals surface area contributed by atoms with Gasteiger partial charge >= 0.3 is 6.09 Å². The second-order valence-corrected chi connectivity index (χ2v) is 6.44. The maximum atomic E-state index is 11.6. The first-order valence-electron chi connectivity index (χ1n) is 7.37. The van der Waals surface area contributed by atoms with Crippen molar-refractivity contribution in [2.24, 2.45) is 0 Å². The number of anilines is 1. The number of hydrogen-bond donors (Lipinski definition) is 2. The maximum absolute atomic E-state index is 11.6. The van der Waals surface area contributed by atoms with Crippen LogP contribution in [0, 0.1) is 0 Å². The molecule has 0 aliphatic carbocycles. The SMILES string of the molecule is CCOc1ccc(Cl)cc1NC(C)CNC(=O)OC(C)(C)C. The second kappa shape index (κ2) is 8.13. The fourth-order valence-electron chi connectivity index (χ4n) is 1.76. The number of carbonyl (C=O) groups excluding carboxylic acids is 1. The summed E-state index contributed by atoms with van der Waals surface area (Å²) in [6, 6.07) is 5.39. The molecule has 22 heavy (non-hydrogen) atoms. The lowest BCUT2D eigenvalue weighted by molar-refractivity contribution is 0.0526. The molecule has 0 fully saturated rings. The van der Waals surface area contributed by atoms with Gasteiger partial charge in [-0.25, -0.2) is 4.79 Å². The Hall–Kier alpha value is -1.62. The molecule has 0 spiro atoms. The molecule has 1 atom stereocenters. The number of hydrogen-bond acceptors (Lipinski definition) is 4. The summed E-state index contributed by atoms with van der Waals surface area (Å²) in [5, 5.41) is 6.63. The van der Waals surface area contributed by atoms with Crippen molar-refractivity contribution in [2.45, 2.75) is 46.3 Å². The lowest BCUT2D eigenvalue weighted by Crippen LogP contribution is -2.38. The lowest BCUT2D eigenvalue weighted by Gasteiger charge is -2.22. The van der Waals surface area contributed by atoms with Gasteiger partial charge in [-0.15, -0.1) is 0 Å². The molecule has 0 aliphatic heterocycles. The number of amides is 1. The summed E-state index contributed by atoms with van der Waals surface area (Å²) in [4.78, 5) is 11.6. The highest BCUT2D eigenvalue weighted by Gasteiger charge is 2.16. The zero-order valence-electron chi connectivity index (χ0n) is 13.8. The number of alkyl carbamates (subject to hydrolysis) is 1. The van der Waals surface area contributed by atoms with Gasteiger partial charge in [0.1, 0.15) is 11.4 Å². The predicted molar refractivity (Wildman–Crippen MR) is 89.9 cm³/mol. The zero-order chi connectivity index (χ0) is 16.8. The van der Waals surface area contributed by atoms with E-state index >= 15 is 0 Å². The van der Waals surface area contributed by atoms with Crippen molar-refractivity contribution >= 4 is 23.4 Å². The standard InChI is InChI=1S/C16H25ClN2O3/c1-6-21-14-8-7-12(17)9-13(14)19-11(2)10-18-15(20)22-16(3,4)5/h7-9,11,19H,6,10H2,1-5H3,(H,18,20). The highest BCUT2D eigenvalue weighted by Crippen LogP contribution is 2.28.